The summed E-state index contributed by atoms with van der Waals surface area (Å²) in [5, 5.41) is 11.1. The molecular weight excluding hydrogens is 314 g/mol. The number of carbonyl (C=O) groups excluding carboxylic acids is 1. The van der Waals surface area contributed by atoms with E-state index in [4.69, 9.17) is 9.84 Å². The summed E-state index contributed by atoms with van der Waals surface area (Å²) in [7, 11) is 0. The fourth-order valence-electron chi connectivity index (χ4n) is 2.05. The minimum atomic E-state index is -1.07. The number of benzene rings is 1. The van der Waals surface area contributed by atoms with Crippen molar-refractivity contribution in [1.82, 2.24) is 5.32 Å². The van der Waals surface area contributed by atoms with Gasteiger partial charge in [-0.05, 0) is 41.7 Å². The second-order valence-electron chi connectivity index (χ2n) is 5.91. The Balaban J connectivity index is 2.85. The van der Waals surface area contributed by atoms with Gasteiger partial charge in [0.15, 0.2) is 0 Å². The van der Waals surface area contributed by atoms with Crippen molar-refractivity contribution in [2.24, 2.45) is 5.92 Å². The van der Waals surface area contributed by atoms with Crippen molar-refractivity contribution < 1.29 is 19.4 Å². The van der Waals surface area contributed by atoms with Crippen molar-refractivity contribution in [2.75, 3.05) is 18.9 Å². The van der Waals surface area contributed by atoms with Gasteiger partial charge in [0.25, 0.3) is 5.91 Å². The Morgan fingerprint density at radius 3 is 2.57 bits per heavy atom. The van der Waals surface area contributed by atoms with Crippen LogP contribution < -0.4 is 10.1 Å². The van der Waals surface area contributed by atoms with Crippen molar-refractivity contribution in [3.05, 3.63) is 29.3 Å². The summed E-state index contributed by atoms with van der Waals surface area (Å²) >= 11 is 4.24. The van der Waals surface area contributed by atoms with Crippen LogP contribution in [0.5, 0.6) is 5.75 Å². The molecule has 0 aliphatic rings. The lowest BCUT2D eigenvalue weighted by Crippen LogP contribution is -2.30. The Kier molecular flexibility index (Phi) is 7.95. The fraction of sp³-hybridized carbons (Fsp3) is 0.529. The molecule has 128 valence electrons. The van der Waals surface area contributed by atoms with Gasteiger partial charge in [-0.2, -0.15) is 12.6 Å². The number of hydrogen-bond acceptors (Lipinski definition) is 4. The molecule has 0 radical (unpaired) electrons. The molecule has 1 rings (SSSR count). The molecule has 1 amide bonds. The molecule has 0 fully saturated rings. The minimum absolute atomic E-state index is 0.152. The lowest BCUT2D eigenvalue weighted by Gasteiger charge is -2.15. The fourth-order valence-corrected chi connectivity index (χ4v) is 2.23. The van der Waals surface area contributed by atoms with E-state index in [9.17, 15) is 9.59 Å². The Morgan fingerprint density at radius 1 is 1.30 bits per heavy atom. The molecule has 1 aromatic rings. The van der Waals surface area contributed by atoms with E-state index in [1.54, 1.807) is 6.07 Å². The maximum Gasteiger partial charge on any atom is 0.322 e. The van der Waals surface area contributed by atoms with E-state index in [0.717, 1.165) is 17.7 Å². The second kappa shape index (κ2) is 9.45. The molecular formula is C17H25NO4S. The third-order valence-electron chi connectivity index (χ3n) is 3.48. The smallest absolute Gasteiger partial charge is 0.322 e. The number of carbonyl (C=O) groups is 2. The number of ether oxygens (including phenoxy) is 1. The summed E-state index contributed by atoms with van der Waals surface area (Å²) in [6.45, 7) is 6.22. The normalized spacial score (nSPS) is 12.0. The van der Waals surface area contributed by atoms with Crippen LogP contribution in [-0.4, -0.2) is 35.9 Å². The quantitative estimate of drug-likeness (QED) is 0.605. The average molecular weight is 339 g/mol. The van der Waals surface area contributed by atoms with Crippen LogP contribution in [0.25, 0.3) is 0 Å². The van der Waals surface area contributed by atoms with Crippen molar-refractivity contribution in [3.8, 4) is 5.75 Å². The molecule has 5 nitrogen and oxygen atoms in total. The predicted octanol–water partition coefficient (Wildman–Crippen LogP) is 2.96. The third kappa shape index (κ3) is 6.52. The highest BCUT2D eigenvalue weighted by Gasteiger charge is 2.16. The van der Waals surface area contributed by atoms with Gasteiger partial charge in [0, 0.05) is 5.56 Å². The van der Waals surface area contributed by atoms with Crippen LogP contribution in [0.2, 0.25) is 0 Å². The van der Waals surface area contributed by atoms with Gasteiger partial charge in [0.2, 0.25) is 0 Å². The van der Waals surface area contributed by atoms with E-state index in [2.05, 4.69) is 24.9 Å². The number of aliphatic carboxylic acids is 1. The van der Waals surface area contributed by atoms with Crippen LogP contribution in [-0.2, 0) is 4.79 Å². The lowest BCUT2D eigenvalue weighted by molar-refractivity contribution is -0.135. The van der Waals surface area contributed by atoms with Crippen LogP contribution in [0.15, 0.2) is 18.2 Å². The summed E-state index contributed by atoms with van der Waals surface area (Å²) in [6, 6.07) is 5.38. The van der Waals surface area contributed by atoms with E-state index < -0.39 is 18.4 Å². The van der Waals surface area contributed by atoms with Gasteiger partial charge < -0.3 is 15.2 Å². The molecule has 0 heterocycles. The van der Waals surface area contributed by atoms with E-state index in [0.29, 0.717) is 23.8 Å². The van der Waals surface area contributed by atoms with Crippen LogP contribution in [0, 0.1) is 5.92 Å². The topological polar surface area (TPSA) is 75.6 Å². The molecule has 1 unspecified atom stereocenters. The van der Waals surface area contributed by atoms with Gasteiger partial charge in [-0.15, -0.1) is 0 Å². The highest BCUT2D eigenvalue weighted by molar-refractivity contribution is 7.80. The first kappa shape index (κ1) is 19.4. The van der Waals surface area contributed by atoms with Gasteiger partial charge in [0.05, 0.1) is 6.61 Å². The molecule has 0 spiro atoms. The van der Waals surface area contributed by atoms with Crippen LogP contribution in [0.3, 0.4) is 0 Å². The molecule has 23 heavy (non-hydrogen) atoms. The van der Waals surface area contributed by atoms with E-state index >= 15 is 0 Å². The van der Waals surface area contributed by atoms with Crippen LogP contribution >= 0.6 is 12.6 Å². The summed E-state index contributed by atoms with van der Waals surface area (Å²) in [4.78, 5) is 22.8. The first-order valence-corrected chi connectivity index (χ1v) is 8.36. The molecule has 0 saturated heterocycles. The maximum atomic E-state index is 12.2. The average Bonchev–Trinajstić information content (AvgIpc) is 2.51. The van der Waals surface area contributed by atoms with Crippen molar-refractivity contribution in [1.29, 1.82) is 0 Å². The standard InChI is InChI=1S/C17H25NO4S/c1-11(2)14-5-4-13(22-7-6-12(3)10-23)8-15(14)17(21)18-9-16(19)20/h4-5,8,11-12,23H,6-7,9-10H2,1-3H3,(H,18,21)(H,19,20). The zero-order chi connectivity index (χ0) is 17.4. The van der Waals surface area contributed by atoms with Crippen LogP contribution in [0.1, 0.15) is 49.0 Å². The van der Waals surface area contributed by atoms with E-state index in [1.165, 1.54) is 0 Å². The Bertz CT molecular complexity index is 545. The van der Waals surface area contributed by atoms with Crippen molar-refractivity contribution >= 4 is 24.5 Å². The Labute approximate surface area is 142 Å². The SMILES string of the molecule is CC(CS)CCOc1ccc(C(C)C)c(C(=O)NCC(=O)O)c1. The molecule has 2 N–H and O–H groups in total. The number of thiol groups is 1. The Hall–Kier alpha value is -1.69. The lowest BCUT2D eigenvalue weighted by atomic mass is 9.96. The number of rotatable bonds is 9. The molecule has 1 atom stereocenters. The summed E-state index contributed by atoms with van der Waals surface area (Å²) in [5.74, 6) is 0.563. The van der Waals surface area contributed by atoms with Crippen molar-refractivity contribution in [2.45, 2.75) is 33.1 Å². The van der Waals surface area contributed by atoms with Gasteiger partial charge in [-0.25, -0.2) is 0 Å². The molecule has 0 bridgehead atoms. The highest BCUT2D eigenvalue weighted by atomic mass is 32.1. The van der Waals surface area contributed by atoms with Gasteiger partial charge in [-0.3, -0.25) is 9.59 Å². The third-order valence-corrected chi connectivity index (χ3v) is 4.11. The van der Waals surface area contributed by atoms with Gasteiger partial charge >= 0.3 is 5.97 Å². The van der Waals surface area contributed by atoms with E-state index in [-0.39, 0.29) is 5.92 Å². The second-order valence-corrected chi connectivity index (χ2v) is 6.27. The number of hydrogen-bond donors (Lipinski definition) is 3. The van der Waals surface area contributed by atoms with Crippen LogP contribution in [0.4, 0.5) is 0 Å². The predicted molar refractivity (Wildman–Crippen MR) is 93.6 cm³/mol. The number of carboxylic acids is 1. The molecule has 6 heteroatoms. The largest absolute Gasteiger partial charge is 0.494 e. The molecule has 0 saturated carbocycles. The number of nitrogens with one attached hydrogen (secondary N) is 1. The monoisotopic (exact) mass is 339 g/mol. The highest BCUT2D eigenvalue weighted by Crippen LogP contribution is 2.24. The van der Waals surface area contributed by atoms with Gasteiger partial charge in [-0.1, -0.05) is 26.8 Å². The molecule has 1 aromatic carbocycles. The van der Waals surface area contributed by atoms with Crippen molar-refractivity contribution in [3.63, 3.8) is 0 Å². The maximum absolute atomic E-state index is 12.2. The summed E-state index contributed by atoms with van der Waals surface area (Å²) in [6.07, 6.45) is 0.885. The van der Waals surface area contributed by atoms with E-state index in [1.807, 2.05) is 26.0 Å². The first-order chi connectivity index (χ1) is 10.8. The molecule has 0 aliphatic carbocycles. The minimum Gasteiger partial charge on any atom is -0.494 e. The van der Waals surface area contributed by atoms with Gasteiger partial charge in [0.1, 0.15) is 12.3 Å². The summed E-state index contributed by atoms with van der Waals surface area (Å²) < 4.78 is 5.70. The number of amides is 1. The molecule has 0 aliphatic heterocycles. The molecule has 0 aromatic heterocycles. The zero-order valence-electron chi connectivity index (χ0n) is 13.8. The number of carboxylic acid groups (broad SMARTS) is 1. The Morgan fingerprint density at radius 2 is 2.00 bits per heavy atom. The first-order valence-electron chi connectivity index (χ1n) is 7.72. The summed E-state index contributed by atoms with van der Waals surface area (Å²) in [5.41, 5.74) is 1.32. The zero-order valence-corrected chi connectivity index (χ0v) is 14.7.